The van der Waals surface area contributed by atoms with Crippen LogP contribution in [0, 0.1) is 11.2 Å². The predicted octanol–water partition coefficient (Wildman–Crippen LogP) is 3.51. The fourth-order valence-electron chi connectivity index (χ4n) is 3.39. The average molecular weight is 463 g/mol. The lowest BCUT2D eigenvalue weighted by Crippen LogP contribution is -2.40. The van der Waals surface area contributed by atoms with Crippen molar-refractivity contribution in [1.29, 1.82) is 0 Å². The minimum atomic E-state index is -0.269. The molecule has 7 heteroatoms. The van der Waals surface area contributed by atoms with E-state index in [1.807, 2.05) is 0 Å². The van der Waals surface area contributed by atoms with Gasteiger partial charge in [0.25, 0.3) is 0 Å². The van der Waals surface area contributed by atoms with E-state index < -0.39 is 0 Å². The molecule has 0 amide bonds. The van der Waals surface area contributed by atoms with Crippen LogP contribution in [0.3, 0.4) is 0 Å². The number of ether oxygens (including phenoxy) is 2. The second kappa shape index (κ2) is 8.53. The summed E-state index contributed by atoms with van der Waals surface area (Å²) in [6.07, 6.45) is 2.33. The number of hydrogen-bond acceptors (Lipinski definition) is 3. The van der Waals surface area contributed by atoms with E-state index in [-0.39, 0.29) is 36.6 Å². The van der Waals surface area contributed by atoms with Crippen molar-refractivity contribution in [3.8, 4) is 5.75 Å². The summed E-state index contributed by atoms with van der Waals surface area (Å²) in [6.45, 7) is 7.61. The third-order valence-electron chi connectivity index (χ3n) is 5.11. The van der Waals surface area contributed by atoms with Crippen LogP contribution in [0.25, 0.3) is 0 Å². The van der Waals surface area contributed by atoms with Gasteiger partial charge in [0, 0.05) is 37.8 Å². The second-order valence-corrected chi connectivity index (χ2v) is 6.90. The molecule has 2 aliphatic rings. The van der Waals surface area contributed by atoms with Crippen molar-refractivity contribution in [2.24, 2.45) is 10.4 Å². The van der Waals surface area contributed by atoms with Gasteiger partial charge in [0.15, 0.2) is 12.8 Å². The first-order valence-electron chi connectivity index (χ1n) is 8.52. The lowest BCUT2D eigenvalue weighted by atomic mass is 9.87. The Bertz CT molecular complexity index is 641. The quantitative estimate of drug-likeness (QED) is 0.424. The van der Waals surface area contributed by atoms with Gasteiger partial charge in [-0.15, -0.1) is 24.0 Å². The molecule has 1 atom stereocenters. The molecule has 1 aromatic rings. The topological polar surface area (TPSA) is 46.1 Å². The van der Waals surface area contributed by atoms with E-state index in [4.69, 9.17) is 9.47 Å². The van der Waals surface area contributed by atoms with E-state index >= 15 is 0 Å². The Balaban J connectivity index is 0.00000225. The van der Waals surface area contributed by atoms with Gasteiger partial charge in [-0.3, -0.25) is 4.99 Å². The number of guanidine groups is 1. The number of halogens is 2. The third-order valence-corrected chi connectivity index (χ3v) is 5.11. The van der Waals surface area contributed by atoms with E-state index in [9.17, 15) is 4.39 Å². The smallest absolute Gasteiger partial charge is 0.193 e. The molecule has 140 valence electrons. The SMILES string of the molecule is CCC1(C)CCN(C(=NC)NCc2cc(F)cc3c2OCOC3)C1.I. The minimum absolute atomic E-state index is 0. The summed E-state index contributed by atoms with van der Waals surface area (Å²) in [5.74, 6) is 1.32. The summed E-state index contributed by atoms with van der Waals surface area (Å²) in [4.78, 5) is 6.67. The Kier molecular flexibility index (Phi) is 6.90. The van der Waals surface area contributed by atoms with E-state index in [0.717, 1.165) is 42.3 Å². The molecule has 0 bridgehead atoms. The van der Waals surface area contributed by atoms with Crippen molar-refractivity contribution < 1.29 is 13.9 Å². The van der Waals surface area contributed by atoms with Crippen LogP contribution in [-0.4, -0.2) is 37.8 Å². The third kappa shape index (κ3) is 4.55. The van der Waals surface area contributed by atoms with Gasteiger partial charge >= 0.3 is 0 Å². The zero-order valence-electron chi connectivity index (χ0n) is 15.1. The van der Waals surface area contributed by atoms with Crippen molar-refractivity contribution in [3.63, 3.8) is 0 Å². The molecule has 2 heterocycles. The van der Waals surface area contributed by atoms with Crippen LogP contribution >= 0.6 is 24.0 Å². The van der Waals surface area contributed by atoms with Gasteiger partial charge in [-0.1, -0.05) is 13.8 Å². The highest BCUT2D eigenvalue weighted by atomic mass is 127. The summed E-state index contributed by atoms with van der Waals surface area (Å²) in [5.41, 5.74) is 1.90. The molecular formula is C18H27FIN3O2. The molecule has 2 aliphatic heterocycles. The maximum atomic E-state index is 13.8. The molecule has 3 rings (SSSR count). The predicted molar refractivity (Wildman–Crippen MR) is 107 cm³/mol. The number of nitrogens with zero attached hydrogens (tertiary/aromatic N) is 2. The summed E-state index contributed by atoms with van der Waals surface area (Å²) in [7, 11) is 1.79. The Morgan fingerprint density at radius 3 is 2.92 bits per heavy atom. The maximum Gasteiger partial charge on any atom is 0.193 e. The molecule has 0 aliphatic carbocycles. The Labute approximate surface area is 166 Å². The Morgan fingerprint density at radius 1 is 1.44 bits per heavy atom. The van der Waals surface area contributed by atoms with Crippen LogP contribution in [0.15, 0.2) is 17.1 Å². The van der Waals surface area contributed by atoms with E-state index in [0.29, 0.717) is 18.6 Å². The van der Waals surface area contributed by atoms with Crippen LogP contribution in [0.4, 0.5) is 4.39 Å². The Morgan fingerprint density at radius 2 is 2.24 bits per heavy atom. The lowest BCUT2D eigenvalue weighted by molar-refractivity contribution is -0.0173. The fourth-order valence-corrected chi connectivity index (χ4v) is 3.39. The number of nitrogens with one attached hydrogen (secondary N) is 1. The molecule has 1 aromatic carbocycles. The van der Waals surface area contributed by atoms with Crippen molar-refractivity contribution in [2.75, 3.05) is 26.9 Å². The molecule has 0 aromatic heterocycles. The first-order chi connectivity index (χ1) is 11.5. The number of likely N-dealkylation sites (tertiary alicyclic amines) is 1. The molecular weight excluding hydrogens is 436 g/mol. The van der Waals surface area contributed by atoms with Crippen molar-refractivity contribution in [2.45, 2.75) is 39.8 Å². The molecule has 5 nitrogen and oxygen atoms in total. The van der Waals surface area contributed by atoms with Gasteiger partial charge in [-0.2, -0.15) is 0 Å². The normalized spacial score (nSPS) is 22.9. The lowest BCUT2D eigenvalue weighted by Gasteiger charge is -2.26. The summed E-state index contributed by atoms with van der Waals surface area (Å²) in [6, 6.07) is 2.99. The summed E-state index contributed by atoms with van der Waals surface area (Å²) in [5, 5.41) is 3.36. The number of aliphatic imine (C=N–C) groups is 1. The number of hydrogen-bond donors (Lipinski definition) is 1. The van der Waals surface area contributed by atoms with Crippen LogP contribution in [0.1, 0.15) is 37.8 Å². The van der Waals surface area contributed by atoms with Crippen molar-refractivity contribution in [1.82, 2.24) is 10.2 Å². The highest BCUT2D eigenvalue weighted by Gasteiger charge is 2.33. The highest BCUT2D eigenvalue weighted by Crippen LogP contribution is 2.33. The molecule has 0 spiro atoms. The minimum Gasteiger partial charge on any atom is -0.467 e. The van der Waals surface area contributed by atoms with Gasteiger partial charge in [-0.05, 0) is 30.4 Å². The second-order valence-electron chi connectivity index (χ2n) is 6.90. The van der Waals surface area contributed by atoms with E-state index in [1.165, 1.54) is 18.6 Å². The Hall–Kier alpha value is -1.09. The van der Waals surface area contributed by atoms with Gasteiger partial charge in [-0.25, -0.2) is 4.39 Å². The standard InChI is InChI=1S/C18H26FN3O2.HI/c1-4-18(2)5-6-22(11-18)17(20-3)21-9-13-7-15(19)8-14-10-23-12-24-16(13)14;/h7-8H,4-6,9-12H2,1-3H3,(H,20,21);1H. The highest BCUT2D eigenvalue weighted by molar-refractivity contribution is 14.0. The first kappa shape index (κ1) is 20.2. The molecule has 1 fully saturated rings. The summed E-state index contributed by atoms with van der Waals surface area (Å²) >= 11 is 0. The van der Waals surface area contributed by atoms with Crippen molar-refractivity contribution >= 4 is 29.9 Å². The zero-order valence-corrected chi connectivity index (χ0v) is 17.4. The number of rotatable bonds is 3. The van der Waals surface area contributed by atoms with Gasteiger partial charge in [0.05, 0.1) is 6.61 Å². The molecule has 0 saturated carbocycles. The van der Waals surface area contributed by atoms with Gasteiger partial charge in [0.1, 0.15) is 11.6 Å². The number of benzene rings is 1. The zero-order chi connectivity index (χ0) is 17.2. The van der Waals surface area contributed by atoms with Crippen LogP contribution in [0.5, 0.6) is 5.75 Å². The largest absolute Gasteiger partial charge is 0.467 e. The average Bonchev–Trinajstić information content (AvgIpc) is 2.98. The maximum absolute atomic E-state index is 13.8. The monoisotopic (exact) mass is 463 g/mol. The molecule has 25 heavy (non-hydrogen) atoms. The fraction of sp³-hybridized carbons (Fsp3) is 0.611. The van der Waals surface area contributed by atoms with Gasteiger partial charge in [0.2, 0.25) is 0 Å². The van der Waals surface area contributed by atoms with Crippen LogP contribution < -0.4 is 10.1 Å². The van der Waals surface area contributed by atoms with Crippen LogP contribution in [-0.2, 0) is 17.9 Å². The number of fused-ring (bicyclic) bond motifs is 1. The van der Waals surface area contributed by atoms with Gasteiger partial charge < -0.3 is 19.7 Å². The van der Waals surface area contributed by atoms with E-state index in [2.05, 4.69) is 29.1 Å². The van der Waals surface area contributed by atoms with E-state index in [1.54, 1.807) is 7.05 Å². The van der Waals surface area contributed by atoms with Crippen LogP contribution in [0.2, 0.25) is 0 Å². The van der Waals surface area contributed by atoms with Crippen molar-refractivity contribution in [3.05, 3.63) is 29.1 Å². The summed E-state index contributed by atoms with van der Waals surface area (Å²) < 4.78 is 24.6. The molecule has 1 N–H and O–H groups in total. The molecule has 0 radical (unpaired) electrons. The first-order valence-corrected chi connectivity index (χ1v) is 8.52. The molecule has 1 unspecified atom stereocenters. The molecule has 1 saturated heterocycles.